The number of rotatable bonds is 8. The van der Waals surface area contributed by atoms with Crippen LogP contribution >= 0.6 is 11.6 Å². The monoisotopic (exact) mass is 298 g/mol. The number of benzene rings is 1. The summed E-state index contributed by atoms with van der Waals surface area (Å²) >= 11 is 6.48. The SMILES string of the molecule is CCNC(C)c1ccc(N(CCOC)C(C)C)c(Cl)c1. The summed E-state index contributed by atoms with van der Waals surface area (Å²) in [5.74, 6) is 0. The maximum Gasteiger partial charge on any atom is 0.0643 e. The minimum absolute atomic E-state index is 0.318. The molecular formula is C16H27ClN2O. The highest BCUT2D eigenvalue weighted by atomic mass is 35.5. The molecule has 0 aliphatic rings. The van der Waals surface area contributed by atoms with Gasteiger partial charge in [-0.3, -0.25) is 0 Å². The van der Waals surface area contributed by atoms with Crippen molar-refractivity contribution in [2.45, 2.75) is 39.8 Å². The van der Waals surface area contributed by atoms with E-state index in [1.807, 2.05) is 0 Å². The van der Waals surface area contributed by atoms with E-state index >= 15 is 0 Å². The molecule has 0 radical (unpaired) electrons. The van der Waals surface area contributed by atoms with Crippen molar-refractivity contribution in [3.8, 4) is 0 Å². The van der Waals surface area contributed by atoms with Gasteiger partial charge >= 0.3 is 0 Å². The Balaban J connectivity index is 2.94. The second-order valence-electron chi connectivity index (χ2n) is 5.27. The van der Waals surface area contributed by atoms with E-state index in [1.165, 1.54) is 5.56 Å². The predicted octanol–water partition coefficient (Wildman–Crippen LogP) is 3.87. The zero-order valence-corrected chi connectivity index (χ0v) is 14.0. The van der Waals surface area contributed by atoms with Gasteiger partial charge in [-0.05, 0) is 45.0 Å². The molecule has 0 aliphatic heterocycles. The van der Waals surface area contributed by atoms with Crippen molar-refractivity contribution < 1.29 is 4.74 Å². The van der Waals surface area contributed by atoms with E-state index < -0.39 is 0 Å². The van der Waals surface area contributed by atoms with Crippen molar-refractivity contribution in [2.75, 3.05) is 31.7 Å². The first-order valence-corrected chi connectivity index (χ1v) is 7.67. The molecule has 4 heteroatoms. The molecule has 0 saturated carbocycles. The van der Waals surface area contributed by atoms with E-state index in [1.54, 1.807) is 7.11 Å². The van der Waals surface area contributed by atoms with Crippen LogP contribution in [0.25, 0.3) is 0 Å². The Morgan fingerprint density at radius 1 is 1.30 bits per heavy atom. The van der Waals surface area contributed by atoms with Crippen LogP contribution in [0.1, 0.15) is 39.3 Å². The second-order valence-corrected chi connectivity index (χ2v) is 5.68. The summed E-state index contributed by atoms with van der Waals surface area (Å²) in [6, 6.07) is 7.03. The van der Waals surface area contributed by atoms with Gasteiger partial charge in [-0.15, -0.1) is 0 Å². The number of nitrogens with zero attached hydrogens (tertiary/aromatic N) is 1. The van der Waals surface area contributed by atoms with E-state index in [9.17, 15) is 0 Å². The van der Waals surface area contributed by atoms with Crippen LogP contribution in [-0.2, 0) is 4.74 Å². The summed E-state index contributed by atoms with van der Waals surface area (Å²) < 4.78 is 5.18. The van der Waals surface area contributed by atoms with Crippen LogP contribution in [0.15, 0.2) is 18.2 Å². The average Bonchev–Trinajstić information content (AvgIpc) is 2.40. The Hall–Kier alpha value is -0.770. The lowest BCUT2D eigenvalue weighted by molar-refractivity contribution is 0.204. The highest BCUT2D eigenvalue weighted by Crippen LogP contribution is 2.30. The van der Waals surface area contributed by atoms with E-state index in [-0.39, 0.29) is 0 Å². The van der Waals surface area contributed by atoms with Crippen LogP contribution in [0.4, 0.5) is 5.69 Å². The minimum Gasteiger partial charge on any atom is -0.383 e. The predicted molar refractivity (Wildman–Crippen MR) is 87.9 cm³/mol. The van der Waals surface area contributed by atoms with Gasteiger partial charge in [0.1, 0.15) is 0 Å². The number of hydrogen-bond donors (Lipinski definition) is 1. The van der Waals surface area contributed by atoms with Gasteiger partial charge in [-0.1, -0.05) is 24.6 Å². The van der Waals surface area contributed by atoms with Gasteiger partial charge < -0.3 is 15.0 Å². The summed E-state index contributed by atoms with van der Waals surface area (Å²) in [5, 5.41) is 4.21. The van der Waals surface area contributed by atoms with Crippen LogP contribution in [0.2, 0.25) is 5.02 Å². The van der Waals surface area contributed by atoms with Gasteiger partial charge in [0, 0.05) is 25.7 Å². The Morgan fingerprint density at radius 3 is 2.50 bits per heavy atom. The van der Waals surface area contributed by atoms with Crippen molar-refractivity contribution >= 4 is 17.3 Å². The molecule has 0 spiro atoms. The molecule has 0 bridgehead atoms. The molecule has 1 unspecified atom stereocenters. The number of hydrogen-bond acceptors (Lipinski definition) is 3. The minimum atomic E-state index is 0.318. The lowest BCUT2D eigenvalue weighted by Crippen LogP contribution is -2.34. The summed E-state index contributed by atoms with van der Waals surface area (Å²) in [5.41, 5.74) is 2.29. The van der Waals surface area contributed by atoms with Gasteiger partial charge in [-0.2, -0.15) is 0 Å². The molecule has 3 nitrogen and oxygen atoms in total. The molecule has 114 valence electrons. The molecule has 1 aromatic rings. The fourth-order valence-corrected chi connectivity index (χ4v) is 2.59. The number of methoxy groups -OCH3 is 1. The largest absolute Gasteiger partial charge is 0.383 e. The van der Waals surface area contributed by atoms with Crippen molar-refractivity contribution in [2.24, 2.45) is 0 Å². The number of nitrogens with one attached hydrogen (secondary N) is 1. The zero-order valence-electron chi connectivity index (χ0n) is 13.2. The summed E-state index contributed by atoms with van der Waals surface area (Å²) in [6.07, 6.45) is 0. The van der Waals surface area contributed by atoms with Crippen LogP contribution < -0.4 is 10.2 Å². The average molecular weight is 299 g/mol. The second kappa shape index (κ2) is 8.50. The molecule has 0 heterocycles. The molecule has 0 amide bonds. The number of ether oxygens (including phenoxy) is 1. The topological polar surface area (TPSA) is 24.5 Å². The fraction of sp³-hybridized carbons (Fsp3) is 0.625. The standard InChI is InChI=1S/C16H27ClN2O/c1-6-18-13(4)14-7-8-16(15(17)11-14)19(12(2)3)9-10-20-5/h7-8,11-13,18H,6,9-10H2,1-5H3. The first kappa shape index (κ1) is 17.3. The van der Waals surface area contributed by atoms with Gasteiger partial charge in [0.25, 0.3) is 0 Å². The summed E-state index contributed by atoms with van der Waals surface area (Å²) in [6.45, 7) is 11.1. The Morgan fingerprint density at radius 2 is 2.00 bits per heavy atom. The molecular weight excluding hydrogens is 272 g/mol. The molecule has 0 fully saturated rings. The third-order valence-corrected chi connectivity index (χ3v) is 3.75. The number of anilines is 1. The molecule has 20 heavy (non-hydrogen) atoms. The van der Waals surface area contributed by atoms with Gasteiger partial charge in [0.05, 0.1) is 17.3 Å². The van der Waals surface area contributed by atoms with E-state index in [2.05, 4.69) is 56.1 Å². The number of halogens is 1. The molecule has 0 aliphatic carbocycles. The van der Waals surface area contributed by atoms with Crippen molar-refractivity contribution in [1.82, 2.24) is 5.32 Å². The van der Waals surface area contributed by atoms with Gasteiger partial charge in [0.2, 0.25) is 0 Å². The van der Waals surface area contributed by atoms with Crippen molar-refractivity contribution in [1.29, 1.82) is 0 Å². The van der Waals surface area contributed by atoms with Gasteiger partial charge in [-0.25, -0.2) is 0 Å². The van der Waals surface area contributed by atoms with E-state index in [0.29, 0.717) is 18.7 Å². The van der Waals surface area contributed by atoms with Gasteiger partial charge in [0.15, 0.2) is 0 Å². The smallest absolute Gasteiger partial charge is 0.0643 e. The fourth-order valence-electron chi connectivity index (χ4n) is 2.30. The molecule has 1 rings (SSSR count). The Bertz CT molecular complexity index is 409. The zero-order chi connectivity index (χ0) is 15.1. The maximum absolute atomic E-state index is 6.48. The third kappa shape index (κ3) is 4.65. The molecule has 1 aromatic carbocycles. The first-order valence-electron chi connectivity index (χ1n) is 7.29. The summed E-state index contributed by atoms with van der Waals surface area (Å²) in [7, 11) is 1.72. The lowest BCUT2D eigenvalue weighted by Gasteiger charge is -2.30. The Labute approximate surface area is 128 Å². The quantitative estimate of drug-likeness (QED) is 0.788. The maximum atomic E-state index is 6.48. The van der Waals surface area contributed by atoms with E-state index in [4.69, 9.17) is 16.3 Å². The molecule has 0 saturated heterocycles. The van der Waals surface area contributed by atoms with Crippen LogP contribution in [0, 0.1) is 0 Å². The molecule has 0 aromatic heterocycles. The van der Waals surface area contributed by atoms with E-state index in [0.717, 1.165) is 23.8 Å². The lowest BCUT2D eigenvalue weighted by atomic mass is 10.1. The van der Waals surface area contributed by atoms with Crippen molar-refractivity contribution in [3.63, 3.8) is 0 Å². The summed E-state index contributed by atoms with van der Waals surface area (Å²) in [4.78, 5) is 2.27. The van der Waals surface area contributed by atoms with Crippen molar-refractivity contribution in [3.05, 3.63) is 28.8 Å². The highest BCUT2D eigenvalue weighted by molar-refractivity contribution is 6.33. The van der Waals surface area contributed by atoms with Crippen LogP contribution in [0.3, 0.4) is 0 Å². The molecule has 1 N–H and O–H groups in total. The Kier molecular flexibility index (Phi) is 7.35. The van der Waals surface area contributed by atoms with Crippen LogP contribution in [-0.4, -0.2) is 32.8 Å². The van der Waals surface area contributed by atoms with Crippen LogP contribution in [0.5, 0.6) is 0 Å². The highest BCUT2D eigenvalue weighted by Gasteiger charge is 2.15. The normalized spacial score (nSPS) is 12.8. The first-order chi connectivity index (χ1) is 9.51. The molecule has 1 atom stereocenters. The third-order valence-electron chi connectivity index (χ3n) is 3.45.